The van der Waals surface area contributed by atoms with Gasteiger partial charge in [0.1, 0.15) is 0 Å². The molecule has 2 aromatic rings. The van der Waals surface area contributed by atoms with Crippen molar-refractivity contribution in [3.63, 3.8) is 0 Å². The van der Waals surface area contributed by atoms with Crippen LogP contribution in [0.25, 0.3) is 5.52 Å². The molecule has 2 rings (SSSR count). The standard InChI is InChI=1S/C11H9NO4/c1-16-11(15)9-7(10(13)14)6-12-5-3-2-4-8(9)12/h2-6H,1H3,(H,13,14). The van der Waals surface area contributed by atoms with Crippen LogP contribution in [0.4, 0.5) is 0 Å². The molecule has 0 aromatic carbocycles. The van der Waals surface area contributed by atoms with Crippen LogP contribution in [-0.2, 0) is 4.74 Å². The number of hydrogen-bond acceptors (Lipinski definition) is 3. The van der Waals surface area contributed by atoms with Crippen LogP contribution >= 0.6 is 0 Å². The SMILES string of the molecule is COC(=O)c1c(C(=O)O)cn2ccccc12. The molecule has 5 nitrogen and oxygen atoms in total. The minimum absolute atomic E-state index is 0.0574. The first kappa shape index (κ1) is 10.2. The molecule has 5 heteroatoms. The summed E-state index contributed by atoms with van der Waals surface area (Å²) in [6.45, 7) is 0. The summed E-state index contributed by atoms with van der Waals surface area (Å²) in [5.74, 6) is -1.80. The van der Waals surface area contributed by atoms with Gasteiger partial charge in [-0.05, 0) is 12.1 Å². The van der Waals surface area contributed by atoms with Crippen LogP contribution in [0.15, 0.2) is 30.6 Å². The van der Waals surface area contributed by atoms with Crippen LogP contribution < -0.4 is 0 Å². The fourth-order valence-electron chi connectivity index (χ4n) is 1.60. The Bertz CT molecular complexity index is 570. The largest absolute Gasteiger partial charge is 0.478 e. The molecule has 0 radical (unpaired) electrons. The van der Waals surface area contributed by atoms with Crippen molar-refractivity contribution >= 4 is 17.5 Å². The third-order valence-electron chi connectivity index (χ3n) is 2.30. The molecule has 2 aromatic heterocycles. The van der Waals surface area contributed by atoms with Crippen LogP contribution in [0, 0.1) is 0 Å². The second-order valence-electron chi connectivity index (χ2n) is 3.21. The maximum absolute atomic E-state index is 11.5. The average Bonchev–Trinajstić information content (AvgIpc) is 2.67. The number of aromatic carboxylic acids is 1. The topological polar surface area (TPSA) is 68.0 Å². The Hall–Kier alpha value is -2.30. The Balaban J connectivity index is 2.79. The summed E-state index contributed by atoms with van der Waals surface area (Å²) in [6, 6.07) is 5.14. The van der Waals surface area contributed by atoms with E-state index in [1.807, 2.05) is 0 Å². The minimum atomic E-state index is -1.15. The van der Waals surface area contributed by atoms with Crippen molar-refractivity contribution < 1.29 is 19.4 Å². The van der Waals surface area contributed by atoms with Crippen molar-refractivity contribution in [2.75, 3.05) is 7.11 Å². The lowest BCUT2D eigenvalue weighted by molar-refractivity contribution is 0.0586. The Morgan fingerprint density at radius 2 is 2.12 bits per heavy atom. The molecule has 0 aliphatic carbocycles. The predicted molar refractivity (Wildman–Crippen MR) is 55.7 cm³/mol. The van der Waals surface area contributed by atoms with E-state index in [1.165, 1.54) is 13.3 Å². The van der Waals surface area contributed by atoms with E-state index in [1.54, 1.807) is 28.8 Å². The highest BCUT2D eigenvalue weighted by atomic mass is 16.5. The molecule has 0 aliphatic heterocycles. The molecular formula is C11H9NO4. The normalized spacial score (nSPS) is 10.3. The number of ether oxygens (including phenoxy) is 1. The summed E-state index contributed by atoms with van der Waals surface area (Å²) in [5.41, 5.74) is 0.542. The lowest BCUT2D eigenvalue weighted by Gasteiger charge is -1.99. The molecule has 0 saturated carbocycles. The third-order valence-corrected chi connectivity index (χ3v) is 2.30. The number of fused-ring (bicyclic) bond motifs is 1. The molecule has 2 heterocycles. The van der Waals surface area contributed by atoms with Crippen molar-refractivity contribution in [3.05, 3.63) is 41.7 Å². The van der Waals surface area contributed by atoms with Crippen molar-refractivity contribution in [1.29, 1.82) is 0 Å². The second kappa shape index (κ2) is 3.69. The van der Waals surface area contributed by atoms with E-state index < -0.39 is 11.9 Å². The van der Waals surface area contributed by atoms with E-state index in [9.17, 15) is 9.59 Å². The van der Waals surface area contributed by atoms with Crippen LogP contribution in [0.2, 0.25) is 0 Å². The zero-order chi connectivity index (χ0) is 11.7. The molecule has 0 spiro atoms. The number of carboxylic acids is 1. The molecule has 0 fully saturated rings. The van der Waals surface area contributed by atoms with Gasteiger partial charge in [-0.1, -0.05) is 6.07 Å². The van der Waals surface area contributed by atoms with Gasteiger partial charge in [-0.15, -0.1) is 0 Å². The van der Waals surface area contributed by atoms with Gasteiger partial charge >= 0.3 is 11.9 Å². The quantitative estimate of drug-likeness (QED) is 0.775. The summed E-state index contributed by atoms with van der Waals surface area (Å²) >= 11 is 0. The Morgan fingerprint density at radius 1 is 1.38 bits per heavy atom. The monoisotopic (exact) mass is 219 g/mol. The molecule has 16 heavy (non-hydrogen) atoms. The number of nitrogens with zero attached hydrogens (tertiary/aromatic N) is 1. The van der Waals surface area contributed by atoms with Gasteiger partial charge in [-0.2, -0.15) is 0 Å². The lowest BCUT2D eigenvalue weighted by atomic mass is 10.1. The van der Waals surface area contributed by atoms with Crippen LogP contribution in [0.1, 0.15) is 20.7 Å². The summed E-state index contributed by atoms with van der Waals surface area (Å²) in [5, 5.41) is 8.99. The minimum Gasteiger partial charge on any atom is -0.478 e. The van der Waals surface area contributed by atoms with Gasteiger partial charge in [0.2, 0.25) is 0 Å². The molecule has 0 atom stereocenters. The van der Waals surface area contributed by atoms with Crippen LogP contribution in [0.3, 0.4) is 0 Å². The van der Waals surface area contributed by atoms with Gasteiger partial charge in [0.25, 0.3) is 0 Å². The summed E-state index contributed by atoms with van der Waals surface area (Å²) in [4.78, 5) is 22.5. The Morgan fingerprint density at radius 3 is 2.75 bits per heavy atom. The maximum atomic E-state index is 11.5. The van der Waals surface area contributed by atoms with Gasteiger partial charge < -0.3 is 14.2 Å². The number of hydrogen-bond donors (Lipinski definition) is 1. The zero-order valence-electron chi connectivity index (χ0n) is 8.51. The smallest absolute Gasteiger partial charge is 0.340 e. The van der Waals surface area contributed by atoms with E-state index >= 15 is 0 Å². The highest BCUT2D eigenvalue weighted by molar-refractivity contribution is 6.07. The fraction of sp³-hybridized carbons (Fsp3) is 0.0909. The number of rotatable bonds is 2. The highest BCUT2D eigenvalue weighted by Crippen LogP contribution is 2.19. The van der Waals surface area contributed by atoms with Crippen molar-refractivity contribution in [2.45, 2.75) is 0 Å². The second-order valence-corrected chi connectivity index (χ2v) is 3.21. The lowest BCUT2D eigenvalue weighted by Crippen LogP contribution is -2.07. The molecule has 0 saturated heterocycles. The summed E-state index contributed by atoms with van der Waals surface area (Å²) < 4.78 is 6.16. The first-order valence-electron chi connectivity index (χ1n) is 4.56. The number of aromatic nitrogens is 1. The number of carbonyl (C=O) groups excluding carboxylic acids is 1. The van der Waals surface area contributed by atoms with Gasteiger partial charge in [0.15, 0.2) is 0 Å². The van der Waals surface area contributed by atoms with Crippen molar-refractivity contribution in [2.24, 2.45) is 0 Å². The molecule has 0 amide bonds. The number of carbonyl (C=O) groups is 2. The third kappa shape index (κ3) is 1.42. The van der Waals surface area contributed by atoms with Crippen LogP contribution in [0.5, 0.6) is 0 Å². The van der Waals surface area contributed by atoms with Gasteiger partial charge in [-0.3, -0.25) is 0 Å². The number of pyridine rings is 1. The number of esters is 1. The van der Waals surface area contributed by atoms with E-state index in [4.69, 9.17) is 5.11 Å². The van der Waals surface area contributed by atoms with Crippen molar-refractivity contribution in [1.82, 2.24) is 4.40 Å². The van der Waals surface area contributed by atoms with Crippen molar-refractivity contribution in [3.8, 4) is 0 Å². The molecule has 0 bridgehead atoms. The highest BCUT2D eigenvalue weighted by Gasteiger charge is 2.22. The molecule has 0 aliphatic rings. The first-order valence-corrected chi connectivity index (χ1v) is 4.56. The number of carboxylic acid groups (broad SMARTS) is 1. The van der Waals surface area contributed by atoms with E-state index in [2.05, 4.69) is 4.74 Å². The first-order chi connectivity index (χ1) is 7.65. The average molecular weight is 219 g/mol. The molecular weight excluding hydrogens is 210 g/mol. The Kier molecular flexibility index (Phi) is 2.36. The van der Waals surface area contributed by atoms with E-state index in [0.717, 1.165) is 0 Å². The van der Waals surface area contributed by atoms with Gasteiger partial charge in [0.05, 0.1) is 23.8 Å². The van der Waals surface area contributed by atoms with Crippen LogP contribution in [-0.4, -0.2) is 28.6 Å². The molecule has 82 valence electrons. The summed E-state index contributed by atoms with van der Waals surface area (Å²) in [6.07, 6.45) is 3.07. The maximum Gasteiger partial charge on any atom is 0.340 e. The van der Waals surface area contributed by atoms with E-state index in [-0.39, 0.29) is 11.1 Å². The van der Waals surface area contributed by atoms with Gasteiger partial charge in [-0.25, -0.2) is 9.59 Å². The molecule has 1 N–H and O–H groups in total. The predicted octanol–water partition coefficient (Wildman–Crippen LogP) is 1.42. The zero-order valence-corrected chi connectivity index (χ0v) is 8.51. The Labute approximate surface area is 90.9 Å². The number of methoxy groups -OCH3 is 1. The molecule has 0 unspecified atom stereocenters. The van der Waals surface area contributed by atoms with Gasteiger partial charge in [0, 0.05) is 12.4 Å². The summed E-state index contributed by atoms with van der Waals surface area (Å²) in [7, 11) is 1.22. The fourth-order valence-corrected chi connectivity index (χ4v) is 1.60. The van der Waals surface area contributed by atoms with E-state index in [0.29, 0.717) is 5.52 Å².